The van der Waals surface area contributed by atoms with Crippen molar-refractivity contribution in [2.45, 2.75) is 31.4 Å². The molecule has 2 rings (SSSR count). The molecular weight excluding hydrogens is 314 g/mol. The Morgan fingerprint density at radius 3 is 2.91 bits per heavy atom. The predicted molar refractivity (Wildman–Crippen MR) is 76.8 cm³/mol. The molecule has 1 aromatic rings. The summed E-state index contributed by atoms with van der Waals surface area (Å²) < 4.78 is 7.09. The summed E-state index contributed by atoms with van der Waals surface area (Å²) in [5, 5.41) is 30.0. The molecule has 1 aliphatic heterocycles. The lowest BCUT2D eigenvalue weighted by molar-refractivity contribution is -0.136. The minimum atomic E-state index is -1.03. The number of ether oxygens (including phenoxy) is 1. The van der Waals surface area contributed by atoms with Crippen molar-refractivity contribution in [3.05, 3.63) is 26.9 Å². The second-order valence-corrected chi connectivity index (χ2v) is 5.32. The highest BCUT2D eigenvalue weighted by Crippen LogP contribution is 2.28. The molecule has 10 heteroatoms. The van der Waals surface area contributed by atoms with Crippen molar-refractivity contribution in [1.29, 1.82) is 0 Å². The van der Waals surface area contributed by atoms with Gasteiger partial charge < -0.3 is 25.4 Å². The number of nitrogens with one attached hydrogen (secondary N) is 2. The first-order valence-electron chi connectivity index (χ1n) is 6.63. The molecule has 22 heavy (non-hydrogen) atoms. The molecule has 0 spiro atoms. The minimum Gasteiger partial charge on any atom is -0.480 e. The van der Waals surface area contributed by atoms with Crippen LogP contribution in [0.5, 0.6) is 0 Å². The standard InChI is InChI=1S/C12H17N3O6S/c16-5-8-7(17)1-9(21-8)15-4-6(2-13-3-10(18)19)11(20)14-12(15)22/h4,7-9,13,16-17H,1-3,5H2,(H,18,19)(H,14,20,22)/t7-,8+,9+/m0/s1. The van der Waals surface area contributed by atoms with Gasteiger partial charge in [-0.3, -0.25) is 19.1 Å². The molecule has 0 radical (unpaired) electrons. The number of rotatable bonds is 6. The first kappa shape index (κ1) is 16.8. The molecule has 0 saturated carbocycles. The number of aliphatic carboxylic acids is 1. The Morgan fingerprint density at radius 1 is 1.59 bits per heavy atom. The number of nitrogens with zero attached hydrogens (tertiary/aromatic N) is 1. The molecule has 0 unspecified atom stereocenters. The van der Waals surface area contributed by atoms with Crippen LogP contribution in [-0.4, -0.2) is 56.2 Å². The van der Waals surface area contributed by atoms with E-state index in [-0.39, 0.29) is 30.9 Å². The number of hydrogen-bond donors (Lipinski definition) is 5. The second-order valence-electron chi connectivity index (χ2n) is 4.93. The molecule has 2 heterocycles. The number of aromatic amines is 1. The van der Waals surface area contributed by atoms with E-state index < -0.39 is 30.0 Å². The molecule has 0 aromatic carbocycles. The van der Waals surface area contributed by atoms with Crippen molar-refractivity contribution >= 4 is 18.2 Å². The van der Waals surface area contributed by atoms with Crippen LogP contribution in [0.25, 0.3) is 0 Å². The monoisotopic (exact) mass is 331 g/mol. The van der Waals surface area contributed by atoms with Gasteiger partial charge in [-0.15, -0.1) is 0 Å². The molecule has 0 aliphatic carbocycles. The zero-order valence-corrected chi connectivity index (χ0v) is 12.4. The van der Waals surface area contributed by atoms with Crippen molar-refractivity contribution in [2.75, 3.05) is 13.2 Å². The van der Waals surface area contributed by atoms with Crippen molar-refractivity contribution in [1.82, 2.24) is 14.9 Å². The lowest BCUT2D eigenvalue weighted by Crippen LogP contribution is -2.28. The topological polar surface area (TPSA) is 137 Å². The average molecular weight is 331 g/mol. The van der Waals surface area contributed by atoms with Crippen LogP contribution in [0.4, 0.5) is 0 Å². The van der Waals surface area contributed by atoms with Gasteiger partial charge in [-0.1, -0.05) is 0 Å². The quantitative estimate of drug-likeness (QED) is 0.407. The molecule has 1 aromatic heterocycles. The van der Waals surface area contributed by atoms with Gasteiger partial charge in [-0.25, -0.2) is 0 Å². The van der Waals surface area contributed by atoms with Crippen molar-refractivity contribution in [3.8, 4) is 0 Å². The largest absolute Gasteiger partial charge is 0.480 e. The maximum Gasteiger partial charge on any atom is 0.317 e. The third kappa shape index (κ3) is 3.78. The Labute approximate surface area is 130 Å². The number of carbonyl (C=O) groups is 1. The van der Waals surface area contributed by atoms with Crippen LogP contribution in [0, 0.1) is 4.77 Å². The van der Waals surface area contributed by atoms with E-state index in [1.165, 1.54) is 10.8 Å². The van der Waals surface area contributed by atoms with Gasteiger partial charge in [0.15, 0.2) is 4.77 Å². The first-order chi connectivity index (χ1) is 10.4. The van der Waals surface area contributed by atoms with E-state index in [2.05, 4.69) is 10.3 Å². The minimum absolute atomic E-state index is 0.0515. The van der Waals surface area contributed by atoms with Crippen LogP contribution in [0.1, 0.15) is 18.2 Å². The van der Waals surface area contributed by atoms with E-state index in [0.717, 1.165) is 0 Å². The van der Waals surface area contributed by atoms with Gasteiger partial charge in [0, 0.05) is 24.7 Å². The summed E-state index contributed by atoms with van der Waals surface area (Å²) in [6.07, 6.45) is -0.430. The van der Waals surface area contributed by atoms with E-state index in [0.29, 0.717) is 5.56 Å². The van der Waals surface area contributed by atoms with Crippen molar-refractivity contribution in [2.24, 2.45) is 0 Å². The number of H-pyrrole nitrogens is 1. The molecule has 3 atom stereocenters. The summed E-state index contributed by atoms with van der Waals surface area (Å²) in [7, 11) is 0. The Kier molecular flexibility index (Phi) is 5.42. The Bertz CT molecular complexity index is 657. The molecule has 0 bridgehead atoms. The summed E-state index contributed by atoms with van der Waals surface area (Å²) in [5.41, 5.74) is -0.128. The molecule has 5 N–H and O–H groups in total. The highest BCUT2D eigenvalue weighted by atomic mass is 32.1. The summed E-state index contributed by atoms with van der Waals surface area (Å²) >= 11 is 5.07. The average Bonchev–Trinajstić information content (AvgIpc) is 2.81. The van der Waals surface area contributed by atoms with Gasteiger partial charge in [0.2, 0.25) is 0 Å². The summed E-state index contributed by atoms with van der Waals surface area (Å²) in [6, 6.07) is 0. The fourth-order valence-electron chi connectivity index (χ4n) is 2.22. The van der Waals surface area contributed by atoms with Gasteiger partial charge >= 0.3 is 5.97 Å². The molecule has 9 nitrogen and oxygen atoms in total. The third-order valence-electron chi connectivity index (χ3n) is 3.33. The number of carboxylic acid groups (broad SMARTS) is 1. The molecule has 1 aliphatic rings. The van der Waals surface area contributed by atoms with Crippen LogP contribution in [0.3, 0.4) is 0 Å². The van der Waals surface area contributed by atoms with Crippen LogP contribution < -0.4 is 10.9 Å². The van der Waals surface area contributed by atoms with Gasteiger partial charge in [0.1, 0.15) is 12.3 Å². The Balaban J connectivity index is 2.20. The van der Waals surface area contributed by atoms with E-state index in [1.807, 2.05) is 0 Å². The van der Waals surface area contributed by atoms with E-state index in [9.17, 15) is 14.7 Å². The fourth-order valence-corrected chi connectivity index (χ4v) is 2.48. The zero-order chi connectivity index (χ0) is 16.3. The highest BCUT2D eigenvalue weighted by Gasteiger charge is 2.34. The summed E-state index contributed by atoms with van der Waals surface area (Å²) in [6.45, 7) is -0.544. The molecule has 1 saturated heterocycles. The van der Waals surface area contributed by atoms with Gasteiger partial charge in [0.25, 0.3) is 5.56 Å². The normalized spacial score (nSPS) is 24.5. The van der Waals surface area contributed by atoms with Gasteiger partial charge in [0.05, 0.1) is 19.3 Å². The van der Waals surface area contributed by atoms with Gasteiger partial charge in [-0.05, 0) is 12.2 Å². The SMILES string of the molecule is O=C(O)CNCc1cn([C@H]2C[C@H](O)[C@@H](CO)O2)c(=S)[nH]c1=O. The van der Waals surface area contributed by atoms with E-state index in [4.69, 9.17) is 27.2 Å². The Morgan fingerprint density at radius 2 is 2.32 bits per heavy atom. The van der Waals surface area contributed by atoms with Crippen LogP contribution in [-0.2, 0) is 16.1 Å². The maximum atomic E-state index is 11.8. The second kappa shape index (κ2) is 7.11. The highest BCUT2D eigenvalue weighted by molar-refractivity contribution is 7.71. The number of aromatic nitrogens is 2. The number of hydrogen-bond acceptors (Lipinski definition) is 7. The zero-order valence-electron chi connectivity index (χ0n) is 11.6. The first-order valence-corrected chi connectivity index (χ1v) is 7.04. The maximum absolute atomic E-state index is 11.8. The Hall–Kier alpha value is -1.59. The number of carboxylic acids is 1. The van der Waals surface area contributed by atoms with Crippen molar-refractivity contribution in [3.63, 3.8) is 0 Å². The number of aliphatic hydroxyl groups is 2. The van der Waals surface area contributed by atoms with Gasteiger partial charge in [-0.2, -0.15) is 0 Å². The summed E-state index contributed by atoms with van der Waals surface area (Å²) in [4.78, 5) is 24.8. The molecule has 122 valence electrons. The lowest BCUT2D eigenvalue weighted by Gasteiger charge is -2.16. The van der Waals surface area contributed by atoms with E-state index in [1.54, 1.807) is 0 Å². The lowest BCUT2D eigenvalue weighted by atomic mass is 10.2. The predicted octanol–water partition coefficient (Wildman–Crippen LogP) is -1.28. The van der Waals surface area contributed by atoms with E-state index >= 15 is 0 Å². The van der Waals surface area contributed by atoms with Crippen LogP contribution in [0.2, 0.25) is 0 Å². The van der Waals surface area contributed by atoms with Crippen molar-refractivity contribution < 1.29 is 24.9 Å². The van der Waals surface area contributed by atoms with Crippen LogP contribution in [0.15, 0.2) is 11.0 Å². The van der Waals surface area contributed by atoms with Crippen LogP contribution >= 0.6 is 12.2 Å². The fraction of sp³-hybridized carbons (Fsp3) is 0.583. The molecular formula is C12H17N3O6S. The third-order valence-corrected chi connectivity index (χ3v) is 3.64. The molecule has 1 fully saturated rings. The summed E-state index contributed by atoms with van der Waals surface area (Å²) in [5.74, 6) is -1.03. The number of aliphatic hydroxyl groups excluding tert-OH is 2. The smallest absolute Gasteiger partial charge is 0.317 e. The molecule has 0 amide bonds.